The number of imidazole rings is 1. The smallest absolute Gasteiger partial charge is 0.251 e. The Morgan fingerprint density at radius 3 is 2.73 bits per heavy atom. The number of aromatic nitrogens is 2. The van der Waals surface area contributed by atoms with Gasteiger partial charge in [0, 0.05) is 58.3 Å². The van der Waals surface area contributed by atoms with Crippen LogP contribution in [0, 0.1) is 6.92 Å². The van der Waals surface area contributed by atoms with Gasteiger partial charge in [-0.05, 0) is 26.7 Å². The molecule has 2 aliphatic rings. The van der Waals surface area contributed by atoms with Gasteiger partial charge in [-0.1, -0.05) is 0 Å². The first-order chi connectivity index (χ1) is 12.7. The number of aryl methyl sites for hydroxylation is 1. The number of hydrogen-bond donors (Lipinski definition) is 1. The van der Waals surface area contributed by atoms with Crippen molar-refractivity contribution in [3.8, 4) is 0 Å². The van der Waals surface area contributed by atoms with Gasteiger partial charge in [0.05, 0.1) is 6.54 Å². The first kappa shape index (κ1) is 18.7. The van der Waals surface area contributed by atoms with Crippen molar-refractivity contribution in [1.82, 2.24) is 24.7 Å². The number of nitrogens with zero attached hydrogens (tertiary/aromatic N) is 5. The van der Waals surface area contributed by atoms with E-state index in [9.17, 15) is 4.79 Å². The van der Waals surface area contributed by atoms with Gasteiger partial charge in [0.25, 0.3) is 5.91 Å². The van der Waals surface area contributed by atoms with Gasteiger partial charge in [0.15, 0.2) is 5.96 Å². The number of amides is 1. The number of piperazine rings is 1. The highest BCUT2D eigenvalue weighted by Gasteiger charge is 2.30. The minimum atomic E-state index is -0.220. The molecule has 1 unspecified atom stereocenters. The van der Waals surface area contributed by atoms with Crippen LogP contribution in [0.25, 0.3) is 0 Å². The van der Waals surface area contributed by atoms with Crippen LogP contribution < -0.4 is 5.32 Å². The number of rotatable bonds is 5. The van der Waals surface area contributed by atoms with Crippen LogP contribution in [-0.4, -0.2) is 83.2 Å². The second kappa shape index (κ2) is 9.02. The van der Waals surface area contributed by atoms with E-state index in [-0.39, 0.29) is 12.0 Å². The molecule has 1 aromatic heterocycles. The molecule has 3 rings (SSSR count). The number of carbonyl (C=O) groups is 1. The van der Waals surface area contributed by atoms with Crippen LogP contribution in [0.15, 0.2) is 17.4 Å². The normalized spacial score (nSPS) is 21.3. The Morgan fingerprint density at radius 2 is 2.12 bits per heavy atom. The zero-order valence-electron chi connectivity index (χ0n) is 15.9. The molecular formula is C18H30N6O2. The lowest BCUT2D eigenvalue weighted by molar-refractivity contribution is -0.142. The van der Waals surface area contributed by atoms with Crippen molar-refractivity contribution in [2.75, 3.05) is 45.9 Å². The fourth-order valence-electron chi connectivity index (χ4n) is 3.44. The van der Waals surface area contributed by atoms with Crippen molar-refractivity contribution in [2.24, 2.45) is 4.99 Å². The van der Waals surface area contributed by atoms with Crippen molar-refractivity contribution in [1.29, 1.82) is 0 Å². The fraction of sp³-hybridized carbons (Fsp3) is 0.722. The second-order valence-electron chi connectivity index (χ2n) is 6.72. The summed E-state index contributed by atoms with van der Waals surface area (Å²) in [6.07, 6.45) is 5.42. The SMILES string of the molecule is CCNC(=NCCn1ccnc1C)N1CCN(C(=O)C2CCCO2)CC1. The maximum atomic E-state index is 12.5. The average Bonchev–Trinajstić information content (AvgIpc) is 3.33. The molecule has 8 heteroatoms. The van der Waals surface area contributed by atoms with Crippen LogP contribution >= 0.6 is 0 Å². The number of carbonyl (C=O) groups excluding carboxylic acids is 1. The van der Waals surface area contributed by atoms with E-state index in [4.69, 9.17) is 9.73 Å². The predicted molar refractivity (Wildman–Crippen MR) is 100 cm³/mol. The van der Waals surface area contributed by atoms with Gasteiger partial charge in [-0.15, -0.1) is 0 Å². The van der Waals surface area contributed by atoms with Crippen molar-refractivity contribution in [3.05, 3.63) is 18.2 Å². The van der Waals surface area contributed by atoms with Gasteiger partial charge in [0.1, 0.15) is 11.9 Å². The minimum absolute atomic E-state index is 0.152. The highest BCUT2D eigenvalue weighted by atomic mass is 16.5. The van der Waals surface area contributed by atoms with E-state index in [0.717, 1.165) is 63.9 Å². The topological polar surface area (TPSA) is 75.0 Å². The van der Waals surface area contributed by atoms with Crippen molar-refractivity contribution in [2.45, 2.75) is 39.3 Å². The molecule has 0 spiro atoms. The fourth-order valence-corrected chi connectivity index (χ4v) is 3.44. The molecule has 26 heavy (non-hydrogen) atoms. The van der Waals surface area contributed by atoms with Crippen molar-refractivity contribution >= 4 is 11.9 Å². The first-order valence-corrected chi connectivity index (χ1v) is 9.60. The lowest BCUT2D eigenvalue weighted by Gasteiger charge is -2.37. The molecule has 2 aliphatic heterocycles. The monoisotopic (exact) mass is 362 g/mol. The quantitative estimate of drug-likeness (QED) is 0.609. The Morgan fingerprint density at radius 1 is 1.35 bits per heavy atom. The molecule has 0 aromatic carbocycles. The van der Waals surface area contributed by atoms with E-state index in [1.807, 2.05) is 24.2 Å². The third-order valence-corrected chi connectivity index (χ3v) is 4.96. The Labute approximate surface area is 155 Å². The molecule has 0 radical (unpaired) electrons. The molecule has 1 atom stereocenters. The van der Waals surface area contributed by atoms with Gasteiger partial charge in [-0.25, -0.2) is 4.98 Å². The Kier molecular flexibility index (Phi) is 6.49. The summed E-state index contributed by atoms with van der Waals surface area (Å²) in [5.41, 5.74) is 0. The van der Waals surface area contributed by atoms with E-state index < -0.39 is 0 Å². The first-order valence-electron chi connectivity index (χ1n) is 9.60. The van der Waals surface area contributed by atoms with Gasteiger partial charge in [-0.3, -0.25) is 9.79 Å². The number of ether oxygens (including phenoxy) is 1. The largest absolute Gasteiger partial charge is 0.368 e. The molecular weight excluding hydrogens is 332 g/mol. The number of aliphatic imine (C=N–C) groups is 1. The Bertz CT molecular complexity index is 615. The molecule has 144 valence electrons. The van der Waals surface area contributed by atoms with E-state index in [0.29, 0.717) is 13.2 Å². The number of nitrogens with one attached hydrogen (secondary N) is 1. The third-order valence-electron chi connectivity index (χ3n) is 4.96. The van der Waals surface area contributed by atoms with Crippen LogP contribution in [0.5, 0.6) is 0 Å². The average molecular weight is 362 g/mol. The summed E-state index contributed by atoms with van der Waals surface area (Å²) in [7, 11) is 0. The van der Waals surface area contributed by atoms with E-state index in [1.54, 1.807) is 0 Å². The van der Waals surface area contributed by atoms with Gasteiger partial charge in [-0.2, -0.15) is 0 Å². The molecule has 2 saturated heterocycles. The highest BCUT2D eigenvalue weighted by molar-refractivity contribution is 5.82. The zero-order chi connectivity index (χ0) is 18.4. The van der Waals surface area contributed by atoms with Gasteiger partial charge < -0.3 is 24.4 Å². The molecule has 0 bridgehead atoms. The molecule has 2 fully saturated rings. The highest BCUT2D eigenvalue weighted by Crippen LogP contribution is 2.16. The summed E-state index contributed by atoms with van der Waals surface area (Å²) < 4.78 is 7.63. The maximum absolute atomic E-state index is 12.5. The molecule has 1 amide bonds. The summed E-state index contributed by atoms with van der Waals surface area (Å²) >= 11 is 0. The van der Waals surface area contributed by atoms with Gasteiger partial charge in [0.2, 0.25) is 0 Å². The zero-order valence-corrected chi connectivity index (χ0v) is 15.9. The molecule has 8 nitrogen and oxygen atoms in total. The predicted octanol–water partition coefficient (Wildman–Crippen LogP) is 0.480. The summed E-state index contributed by atoms with van der Waals surface area (Å²) in [6.45, 7) is 10.2. The molecule has 1 N–H and O–H groups in total. The third kappa shape index (κ3) is 4.55. The van der Waals surface area contributed by atoms with Crippen LogP contribution in [0.4, 0.5) is 0 Å². The van der Waals surface area contributed by atoms with Crippen LogP contribution in [0.3, 0.4) is 0 Å². The van der Waals surface area contributed by atoms with Crippen LogP contribution in [0.1, 0.15) is 25.6 Å². The molecule has 3 heterocycles. The number of hydrogen-bond acceptors (Lipinski definition) is 4. The summed E-state index contributed by atoms with van der Waals surface area (Å²) in [5, 5.41) is 3.37. The lowest BCUT2D eigenvalue weighted by atomic mass is 10.2. The Balaban J connectivity index is 1.51. The standard InChI is InChI=1S/C18H30N6O2/c1-3-19-18(21-7-9-22-8-6-20-15(22)2)24-12-10-23(11-13-24)17(25)16-5-4-14-26-16/h6,8,16H,3-5,7,9-14H2,1-2H3,(H,19,21). The Hall–Kier alpha value is -2.09. The lowest BCUT2D eigenvalue weighted by Crippen LogP contribution is -2.55. The summed E-state index contributed by atoms with van der Waals surface area (Å²) in [4.78, 5) is 25.6. The molecule has 0 saturated carbocycles. The summed E-state index contributed by atoms with van der Waals surface area (Å²) in [5.74, 6) is 2.08. The summed E-state index contributed by atoms with van der Waals surface area (Å²) in [6, 6.07) is 0. The molecule has 0 aliphatic carbocycles. The van der Waals surface area contributed by atoms with E-state index in [2.05, 4.69) is 26.7 Å². The van der Waals surface area contributed by atoms with E-state index >= 15 is 0 Å². The molecule has 1 aromatic rings. The second-order valence-corrected chi connectivity index (χ2v) is 6.72. The maximum Gasteiger partial charge on any atom is 0.251 e. The van der Waals surface area contributed by atoms with E-state index in [1.165, 1.54) is 0 Å². The minimum Gasteiger partial charge on any atom is -0.368 e. The van der Waals surface area contributed by atoms with Crippen LogP contribution in [0.2, 0.25) is 0 Å². The van der Waals surface area contributed by atoms with Crippen molar-refractivity contribution < 1.29 is 9.53 Å². The van der Waals surface area contributed by atoms with Gasteiger partial charge >= 0.3 is 0 Å². The van der Waals surface area contributed by atoms with Crippen LogP contribution in [-0.2, 0) is 16.1 Å². The van der Waals surface area contributed by atoms with Crippen molar-refractivity contribution in [3.63, 3.8) is 0 Å². The number of guanidine groups is 1.